The number of methoxy groups -OCH3 is 1. The number of nitrogens with zero attached hydrogens (tertiary/aromatic N) is 1. The maximum Gasteiger partial charge on any atom is 0.416 e. The summed E-state index contributed by atoms with van der Waals surface area (Å²) in [5, 5.41) is 4.99. The van der Waals surface area contributed by atoms with Crippen molar-refractivity contribution >= 4 is 23.4 Å². The van der Waals surface area contributed by atoms with Crippen LogP contribution in [0.5, 0.6) is 5.75 Å². The number of carbonyl (C=O) groups excluding carboxylic acids is 3. The Balaban J connectivity index is 1.64. The second kappa shape index (κ2) is 11.2. The molecule has 3 aromatic rings. The van der Waals surface area contributed by atoms with Crippen molar-refractivity contribution < 1.29 is 36.7 Å². The summed E-state index contributed by atoms with van der Waals surface area (Å²) in [6.07, 6.45) is -3.26. The van der Waals surface area contributed by atoms with Crippen LogP contribution in [0.1, 0.15) is 21.7 Å². The predicted molar refractivity (Wildman–Crippen MR) is 120 cm³/mol. The van der Waals surface area contributed by atoms with Crippen molar-refractivity contribution in [3.8, 4) is 5.75 Å². The molecule has 0 saturated heterocycles. The Labute approximate surface area is 198 Å². The van der Waals surface area contributed by atoms with Gasteiger partial charge in [-0.1, -0.05) is 6.07 Å². The van der Waals surface area contributed by atoms with Gasteiger partial charge in [0.15, 0.2) is 0 Å². The second-order valence-electron chi connectivity index (χ2n) is 7.37. The second-order valence-corrected chi connectivity index (χ2v) is 7.37. The molecule has 184 valence electrons. The summed E-state index contributed by atoms with van der Waals surface area (Å²) in [4.78, 5) is 38.6. The van der Waals surface area contributed by atoms with Crippen LogP contribution in [-0.4, -0.2) is 42.8 Å². The molecule has 0 bridgehead atoms. The number of nitrogens with one attached hydrogen (secondary N) is 2. The van der Waals surface area contributed by atoms with E-state index in [0.717, 1.165) is 23.1 Å². The van der Waals surface area contributed by atoms with Crippen LogP contribution in [0.3, 0.4) is 0 Å². The van der Waals surface area contributed by atoms with Gasteiger partial charge in [-0.3, -0.25) is 14.4 Å². The van der Waals surface area contributed by atoms with E-state index in [9.17, 15) is 27.6 Å². The van der Waals surface area contributed by atoms with Gasteiger partial charge >= 0.3 is 6.18 Å². The largest absolute Gasteiger partial charge is 0.497 e. The number of hydrogen-bond acceptors (Lipinski definition) is 5. The van der Waals surface area contributed by atoms with Gasteiger partial charge in [0.25, 0.3) is 5.91 Å². The Morgan fingerprint density at radius 1 is 1.00 bits per heavy atom. The van der Waals surface area contributed by atoms with Crippen molar-refractivity contribution in [1.29, 1.82) is 0 Å². The molecule has 0 fully saturated rings. The molecule has 3 amide bonds. The molecular formula is C24H22F3N3O5. The van der Waals surface area contributed by atoms with Crippen molar-refractivity contribution in [2.45, 2.75) is 12.7 Å². The Morgan fingerprint density at radius 2 is 1.74 bits per heavy atom. The third-order valence-corrected chi connectivity index (χ3v) is 4.81. The molecule has 0 spiro atoms. The number of alkyl halides is 3. The third kappa shape index (κ3) is 7.36. The molecule has 2 N–H and O–H groups in total. The minimum Gasteiger partial charge on any atom is -0.497 e. The van der Waals surface area contributed by atoms with Crippen LogP contribution >= 0.6 is 0 Å². The Morgan fingerprint density at radius 3 is 2.37 bits per heavy atom. The summed E-state index contributed by atoms with van der Waals surface area (Å²) >= 11 is 0. The molecular weight excluding hydrogens is 467 g/mol. The van der Waals surface area contributed by atoms with Crippen LogP contribution < -0.4 is 15.4 Å². The minimum atomic E-state index is -4.63. The Hall–Kier alpha value is -4.28. The van der Waals surface area contributed by atoms with Gasteiger partial charge in [0.2, 0.25) is 11.8 Å². The van der Waals surface area contributed by atoms with Crippen LogP contribution in [0.25, 0.3) is 0 Å². The molecule has 0 aliphatic rings. The van der Waals surface area contributed by atoms with Crippen LogP contribution in [0.15, 0.2) is 71.3 Å². The van der Waals surface area contributed by atoms with Crippen molar-refractivity contribution in [3.05, 3.63) is 83.8 Å². The fraction of sp³-hybridized carbons (Fsp3) is 0.208. The van der Waals surface area contributed by atoms with Crippen molar-refractivity contribution in [1.82, 2.24) is 10.2 Å². The van der Waals surface area contributed by atoms with Gasteiger partial charge in [-0.15, -0.1) is 0 Å². The number of amides is 3. The number of rotatable bonds is 9. The van der Waals surface area contributed by atoms with E-state index >= 15 is 0 Å². The highest BCUT2D eigenvalue weighted by Gasteiger charge is 2.31. The Bertz CT molecular complexity index is 1160. The molecule has 0 aliphatic heterocycles. The van der Waals surface area contributed by atoms with Gasteiger partial charge in [-0.25, -0.2) is 0 Å². The van der Waals surface area contributed by atoms with E-state index in [-0.39, 0.29) is 18.7 Å². The first kappa shape index (κ1) is 25.3. The molecule has 0 saturated carbocycles. The number of halogens is 3. The molecule has 2 aromatic carbocycles. The lowest BCUT2D eigenvalue weighted by Gasteiger charge is -2.22. The highest BCUT2D eigenvalue weighted by Crippen LogP contribution is 2.30. The number of carbonyl (C=O) groups is 3. The average molecular weight is 489 g/mol. The van der Waals surface area contributed by atoms with E-state index in [1.807, 2.05) is 0 Å². The molecule has 0 radical (unpaired) electrons. The summed E-state index contributed by atoms with van der Waals surface area (Å²) in [6, 6.07) is 13.6. The van der Waals surface area contributed by atoms with Gasteiger partial charge in [-0.05, 0) is 54.6 Å². The summed E-state index contributed by atoms with van der Waals surface area (Å²) in [5.74, 6) is -1.05. The first-order valence-corrected chi connectivity index (χ1v) is 10.3. The third-order valence-electron chi connectivity index (χ3n) is 4.81. The molecule has 11 heteroatoms. The fourth-order valence-electron chi connectivity index (χ4n) is 3.09. The lowest BCUT2D eigenvalue weighted by Crippen LogP contribution is -2.42. The van der Waals surface area contributed by atoms with Gasteiger partial charge < -0.3 is 24.7 Å². The van der Waals surface area contributed by atoms with Crippen LogP contribution in [-0.2, 0) is 22.3 Å². The highest BCUT2D eigenvalue weighted by atomic mass is 19.4. The predicted octanol–water partition coefficient (Wildman–Crippen LogP) is 3.70. The van der Waals surface area contributed by atoms with E-state index in [2.05, 4.69) is 10.6 Å². The average Bonchev–Trinajstić information content (AvgIpc) is 3.35. The first-order chi connectivity index (χ1) is 16.7. The number of anilines is 1. The maximum absolute atomic E-state index is 13.1. The summed E-state index contributed by atoms with van der Waals surface area (Å²) in [7, 11) is 1.51. The zero-order valence-electron chi connectivity index (χ0n) is 18.6. The highest BCUT2D eigenvalue weighted by molar-refractivity contribution is 5.98. The van der Waals surface area contributed by atoms with E-state index < -0.39 is 36.0 Å². The molecule has 0 aliphatic carbocycles. The zero-order chi connectivity index (χ0) is 25.4. The summed E-state index contributed by atoms with van der Waals surface area (Å²) < 4.78 is 49.5. The number of furan rings is 1. The van der Waals surface area contributed by atoms with Crippen LogP contribution in [0.2, 0.25) is 0 Å². The van der Waals surface area contributed by atoms with Crippen molar-refractivity contribution in [2.24, 2.45) is 0 Å². The standard InChI is InChI=1S/C24H22F3N3O5/c1-34-19-9-7-18(8-10-19)29-21(31)13-28-22(32)15-30(14-20-6-3-11-35-20)23(33)16-4-2-5-17(12-16)24(25,26)27/h2-12H,13-15H2,1H3,(H,28,32)(H,29,31). The van der Waals surface area contributed by atoms with Gasteiger partial charge in [0.1, 0.15) is 18.1 Å². The summed E-state index contributed by atoms with van der Waals surface area (Å²) in [6.45, 7) is -1.05. The van der Waals surface area contributed by atoms with E-state index in [4.69, 9.17) is 9.15 Å². The Kier molecular flexibility index (Phi) is 8.13. The number of ether oxygens (including phenoxy) is 1. The monoisotopic (exact) mass is 489 g/mol. The fourth-order valence-corrected chi connectivity index (χ4v) is 3.09. The van der Waals surface area contributed by atoms with E-state index in [1.165, 1.54) is 19.4 Å². The van der Waals surface area contributed by atoms with Crippen molar-refractivity contribution in [3.63, 3.8) is 0 Å². The zero-order valence-corrected chi connectivity index (χ0v) is 18.6. The quantitative estimate of drug-likeness (QED) is 0.477. The minimum absolute atomic E-state index is 0.159. The van der Waals surface area contributed by atoms with Gasteiger partial charge in [-0.2, -0.15) is 13.2 Å². The summed E-state index contributed by atoms with van der Waals surface area (Å²) in [5.41, 5.74) is -0.735. The number of hydrogen-bond donors (Lipinski definition) is 2. The molecule has 35 heavy (non-hydrogen) atoms. The first-order valence-electron chi connectivity index (χ1n) is 10.3. The van der Waals surface area contributed by atoms with Crippen molar-refractivity contribution in [2.75, 3.05) is 25.5 Å². The van der Waals surface area contributed by atoms with E-state index in [1.54, 1.807) is 36.4 Å². The maximum atomic E-state index is 13.1. The lowest BCUT2D eigenvalue weighted by atomic mass is 10.1. The molecule has 3 rings (SSSR count). The topological polar surface area (TPSA) is 101 Å². The molecule has 8 nitrogen and oxygen atoms in total. The lowest BCUT2D eigenvalue weighted by molar-refractivity contribution is -0.137. The van der Waals surface area contributed by atoms with Gasteiger partial charge in [0, 0.05) is 11.3 Å². The molecule has 0 unspecified atom stereocenters. The molecule has 0 atom stereocenters. The number of benzene rings is 2. The normalized spacial score (nSPS) is 11.0. The SMILES string of the molecule is COc1ccc(NC(=O)CNC(=O)CN(Cc2ccco2)C(=O)c2cccc(C(F)(F)F)c2)cc1. The van der Waals surface area contributed by atoms with Crippen LogP contribution in [0, 0.1) is 0 Å². The van der Waals surface area contributed by atoms with E-state index in [0.29, 0.717) is 17.2 Å². The molecule has 1 heterocycles. The smallest absolute Gasteiger partial charge is 0.416 e. The molecule has 1 aromatic heterocycles. The van der Waals surface area contributed by atoms with Crippen LogP contribution in [0.4, 0.5) is 18.9 Å². The van der Waals surface area contributed by atoms with Gasteiger partial charge in [0.05, 0.1) is 32.0 Å².